The fourth-order valence-corrected chi connectivity index (χ4v) is 0. The Labute approximate surface area is 51.9 Å². The van der Waals surface area contributed by atoms with E-state index in [1.807, 2.05) is 0 Å². The van der Waals surface area contributed by atoms with Crippen LogP contribution < -0.4 is 0 Å². The molecule has 0 amide bonds. The zero-order chi connectivity index (χ0) is 3.58. The molecular formula is C2H11AlO4. The van der Waals surface area contributed by atoms with Crippen molar-refractivity contribution in [2.45, 2.75) is 6.92 Å². The van der Waals surface area contributed by atoms with Crippen molar-refractivity contribution in [2.75, 3.05) is 0 Å². The average Bonchev–Trinajstić information content (AvgIpc) is 0.811. The molecule has 0 rings (SSSR count). The minimum atomic E-state index is -0.833. The van der Waals surface area contributed by atoms with Crippen LogP contribution in [0.4, 0.5) is 0 Å². The van der Waals surface area contributed by atoms with Crippen LogP contribution in [0.25, 0.3) is 0 Å². The lowest BCUT2D eigenvalue weighted by molar-refractivity contribution is -0.134. The first kappa shape index (κ1) is 28.4. The molecule has 0 atom stereocenters. The molecular weight excluding hydrogens is 115 g/mol. The molecule has 0 unspecified atom stereocenters. The second kappa shape index (κ2) is 16.8. The summed E-state index contributed by atoms with van der Waals surface area (Å²) in [5.41, 5.74) is 0. The number of carboxylic acid groups (broad SMARTS) is 1. The molecule has 0 aromatic heterocycles. The Bertz CT molecular complexity index is 32.7. The standard InChI is InChI=1S/C2H4O2.Al.2H2O.3H/c1-2(3)4;;;;;;/h1H3,(H,3,4);;2*1H2;;;. The van der Waals surface area contributed by atoms with Crippen molar-refractivity contribution in [1.29, 1.82) is 0 Å². The summed E-state index contributed by atoms with van der Waals surface area (Å²) in [6, 6.07) is 0. The van der Waals surface area contributed by atoms with E-state index in [0.29, 0.717) is 0 Å². The molecule has 0 aliphatic carbocycles. The van der Waals surface area contributed by atoms with Gasteiger partial charge in [-0.05, 0) is 0 Å². The van der Waals surface area contributed by atoms with Gasteiger partial charge in [0.1, 0.15) is 0 Å². The summed E-state index contributed by atoms with van der Waals surface area (Å²) in [4.78, 5) is 9.00. The maximum atomic E-state index is 9.00. The maximum Gasteiger partial charge on any atom is 0.300 e. The molecule has 0 saturated heterocycles. The van der Waals surface area contributed by atoms with E-state index in [1.54, 1.807) is 0 Å². The summed E-state index contributed by atoms with van der Waals surface area (Å²) in [6.45, 7) is 1.08. The number of hydrogen-bond acceptors (Lipinski definition) is 1. The van der Waals surface area contributed by atoms with Crippen molar-refractivity contribution in [3.05, 3.63) is 0 Å². The Kier molecular flexibility index (Phi) is 68.2. The minimum absolute atomic E-state index is 0. The predicted octanol–water partition coefficient (Wildman–Crippen LogP) is -2.74. The fourth-order valence-electron chi connectivity index (χ4n) is 0. The molecule has 46 valence electrons. The molecule has 0 radical (unpaired) electrons. The molecule has 0 spiro atoms. The van der Waals surface area contributed by atoms with Crippen LogP contribution in [0, 0.1) is 0 Å². The van der Waals surface area contributed by atoms with E-state index in [2.05, 4.69) is 0 Å². The lowest BCUT2D eigenvalue weighted by atomic mass is 10.9. The van der Waals surface area contributed by atoms with Crippen LogP contribution in [0.15, 0.2) is 0 Å². The van der Waals surface area contributed by atoms with Gasteiger partial charge >= 0.3 is 0 Å². The molecule has 4 nitrogen and oxygen atoms in total. The summed E-state index contributed by atoms with van der Waals surface area (Å²) >= 11 is 0. The molecule has 0 aromatic rings. The zero-order valence-corrected chi connectivity index (χ0v) is 3.36. The number of carbonyl (C=O) groups is 1. The lowest BCUT2D eigenvalue weighted by Crippen LogP contribution is -1.78. The van der Waals surface area contributed by atoms with Crippen LogP contribution in [0.5, 0.6) is 0 Å². The van der Waals surface area contributed by atoms with Crippen LogP contribution >= 0.6 is 0 Å². The quantitative estimate of drug-likeness (QED) is 0.356. The maximum absolute atomic E-state index is 9.00. The first-order valence-electron chi connectivity index (χ1n) is 0.928. The van der Waals surface area contributed by atoms with Gasteiger partial charge in [-0.3, -0.25) is 4.79 Å². The van der Waals surface area contributed by atoms with E-state index >= 15 is 0 Å². The van der Waals surface area contributed by atoms with Crippen LogP contribution in [-0.2, 0) is 4.79 Å². The summed E-state index contributed by atoms with van der Waals surface area (Å²) in [5.74, 6) is -0.833. The molecule has 0 bridgehead atoms. The van der Waals surface area contributed by atoms with Gasteiger partial charge < -0.3 is 16.1 Å². The SMILES string of the molecule is CC(=O)O.O.O.[AlH3]. The van der Waals surface area contributed by atoms with Crippen molar-refractivity contribution >= 4 is 23.3 Å². The van der Waals surface area contributed by atoms with E-state index < -0.39 is 5.97 Å². The number of carboxylic acids is 1. The van der Waals surface area contributed by atoms with Gasteiger partial charge in [0.05, 0.1) is 0 Å². The first-order valence-corrected chi connectivity index (χ1v) is 0.928. The third kappa shape index (κ3) is 15200. The van der Waals surface area contributed by atoms with Gasteiger partial charge in [0, 0.05) is 6.92 Å². The van der Waals surface area contributed by atoms with E-state index in [1.165, 1.54) is 0 Å². The summed E-state index contributed by atoms with van der Waals surface area (Å²) in [7, 11) is 0. The first-order chi connectivity index (χ1) is 1.73. The molecule has 0 aromatic carbocycles. The normalized spacial score (nSPS) is 3.57. The van der Waals surface area contributed by atoms with Crippen molar-refractivity contribution in [3.63, 3.8) is 0 Å². The lowest BCUT2D eigenvalue weighted by Gasteiger charge is -1.59. The van der Waals surface area contributed by atoms with E-state index in [9.17, 15) is 0 Å². The predicted molar refractivity (Wildman–Crippen MR) is 30.5 cm³/mol. The fraction of sp³-hybridized carbons (Fsp3) is 0.500. The number of hydrogen-bond donors (Lipinski definition) is 1. The van der Waals surface area contributed by atoms with E-state index in [-0.39, 0.29) is 28.3 Å². The molecule has 0 aliphatic heterocycles. The highest BCUT2D eigenvalue weighted by Crippen LogP contribution is 1.42. The number of aliphatic carboxylic acids is 1. The molecule has 0 fully saturated rings. The molecule has 0 heterocycles. The van der Waals surface area contributed by atoms with Crippen LogP contribution in [0.1, 0.15) is 6.92 Å². The van der Waals surface area contributed by atoms with Gasteiger partial charge in [-0.25, -0.2) is 0 Å². The van der Waals surface area contributed by atoms with Gasteiger partial charge in [-0.1, -0.05) is 0 Å². The van der Waals surface area contributed by atoms with Gasteiger partial charge in [0.25, 0.3) is 5.97 Å². The van der Waals surface area contributed by atoms with Crippen molar-refractivity contribution in [2.24, 2.45) is 0 Å². The molecule has 7 heavy (non-hydrogen) atoms. The number of rotatable bonds is 0. The third-order valence-electron chi connectivity index (χ3n) is 0. The Morgan fingerprint density at radius 3 is 1.43 bits per heavy atom. The van der Waals surface area contributed by atoms with Crippen molar-refractivity contribution in [1.82, 2.24) is 0 Å². The van der Waals surface area contributed by atoms with Crippen molar-refractivity contribution < 1.29 is 20.9 Å². The average molecular weight is 126 g/mol. The summed E-state index contributed by atoms with van der Waals surface area (Å²) in [5, 5.41) is 7.42. The molecule has 5 heteroatoms. The van der Waals surface area contributed by atoms with Gasteiger partial charge in [-0.2, -0.15) is 0 Å². The molecule has 0 aliphatic rings. The van der Waals surface area contributed by atoms with E-state index in [0.717, 1.165) is 6.92 Å². The van der Waals surface area contributed by atoms with Gasteiger partial charge in [0.15, 0.2) is 17.4 Å². The van der Waals surface area contributed by atoms with Crippen LogP contribution in [-0.4, -0.2) is 39.4 Å². The smallest absolute Gasteiger partial charge is 0.300 e. The molecule has 5 N–H and O–H groups in total. The summed E-state index contributed by atoms with van der Waals surface area (Å²) < 4.78 is 0. The van der Waals surface area contributed by atoms with Crippen LogP contribution in [0.3, 0.4) is 0 Å². The van der Waals surface area contributed by atoms with Gasteiger partial charge in [0.2, 0.25) is 0 Å². The largest absolute Gasteiger partial charge is 0.481 e. The monoisotopic (exact) mass is 126 g/mol. The van der Waals surface area contributed by atoms with E-state index in [4.69, 9.17) is 9.90 Å². The van der Waals surface area contributed by atoms with Crippen LogP contribution in [0.2, 0.25) is 0 Å². The highest BCUT2D eigenvalue weighted by Gasteiger charge is 1.65. The summed E-state index contributed by atoms with van der Waals surface area (Å²) in [6.07, 6.45) is 0. The Morgan fingerprint density at radius 1 is 1.43 bits per heavy atom. The Hall–Kier alpha value is -0.0775. The van der Waals surface area contributed by atoms with Gasteiger partial charge in [-0.15, -0.1) is 0 Å². The Morgan fingerprint density at radius 2 is 1.43 bits per heavy atom. The highest BCUT2D eigenvalue weighted by molar-refractivity contribution is 5.75. The molecule has 0 saturated carbocycles. The second-order valence-corrected chi connectivity index (χ2v) is 0.519. The Balaban J connectivity index is -0.0000000150. The highest BCUT2D eigenvalue weighted by atomic mass is 27.0. The van der Waals surface area contributed by atoms with Crippen molar-refractivity contribution in [3.8, 4) is 0 Å². The second-order valence-electron chi connectivity index (χ2n) is 0.519. The topological polar surface area (TPSA) is 100 Å². The third-order valence-corrected chi connectivity index (χ3v) is 0. The minimum Gasteiger partial charge on any atom is -0.481 e. The zero-order valence-electron chi connectivity index (χ0n) is 3.36.